The number of hydrogen-bond acceptors (Lipinski definition) is 4. The minimum Gasteiger partial charge on any atom is -0.504 e. The summed E-state index contributed by atoms with van der Waals surface area (Å²) >= 11 is 0. The van der Waals surface area contributed by atoms with Crippen LogP contribution in [0.2, 0.25) is 0 Å². The Hall–Kier alpha value is -1.26. The molecule has 2 atom stereocenters. The zero-order valence-electron chi connectivity index (χ0n) is 11.7. The molecule has 0 radical (unpaired) electrons. The fourth-order valence-electron chi connectivity index (χ4n) is 2.63. The number of phenols is 1. The monoisotopic (exact) mass is 265 g/mol. The number of rotatable bonds is 6. The molecule has 2 N–H and O–H groups in total. The van der Waals surface area contributed by atoms with E-state index in [4.69, 9.17) is 9.47 Å². The molecule has 0 amide bonds. The second-order valence-electron chi connectivity index (χ2n) is 4.93. The van der Waals surface area contributed by atoms with Gasteiger partial charge in [-0.05, 0) is 43.9 Å². The van der Waals surface area contributed by atoms with Gasteiger partial charge in [0.25, 0.3) is 0 Å². The molecule has 0 spiro atoms. The molecular weight excluding hydrogens is 242 g/mol. The minimum atomic E-state index is 0.196. The van der Waals surface area contributed by atoms with E-state index in [9.17, 15) is 5.11 Å². The molecule has 0 aliphatic heterocycles. The van der Waals surface area contributed by atoms with E-state index in [0.717, 1.165) is 24.9 Å². The third-order valence-electron chi connectivity index (χ3n) is 3.65. The summed E-state index contributed by atoms with van der Waals surface area (Å²) in [6, 6.07) is 5.92. The number of benzene rings is 1. The first-order chi connectivity index (χ1) is 9.24. The average Bonchev–Trinajstić information content (AvgIpc) is 2.87. The Labute approximate surface area is 114 Å². The van der Waals surface area contributed by atoms with Gasteiger partial charge < -0.3 is 19.9 Å². The van der Waals surface area contributed by atoms with Crippen LogP contribution < -0.4 is 10.1 Å². The van der Waals surface area contributed by atoms with Crippen molar-refractivity contribution in [1.29, 1.82) is 0 Å². The van der Waals surface area contributed by atoms with Crippen LogP contribution in [-0.4, -0.2) is 31.0 Å². The topological polar surface area (TPSA) is 50.7 Å². The van der Waals surface area contributed by atoms with Crippen LogP contribution in [0.15, 0.2) is 18.2 Å². The molecule has 106 valence electrons. The van der Waals surface area contributed by atoms with Crippen molar-refractivity contribution in [3.05, 3.63) is 23.8 Å². The Kier molecular flexibility index (Phi) is 5.05. The number of aromatic hydroxyl groups is 1. The molecule has 2 unspecified atom stereocenters. The van der Waals surface area contributed by atoms with E-state index in [2.05, 4.69) is 5.32 Å². The van der Waals surface area contributed by atoms with Gasteiger partial charge in [0, 0.05) is 19.7 Å². The van der Waals surface area contributed by atoms with Crippen molar-refractivity contribution >= 4 is 0 Å². The lowest BCUT2D eigenvalue weighted by atomic mass is 10.1. The minimum absolute atomic E-state index is 0.196. The third-order valence-corrected chi connectivity index (χ3v) is 3.65. The SMILES string of the molecule is CCOc1cc(CNC2CCCC2OC)ccc1O. The first-order valence-electron chi connectivity index (χ1n) is 6.95. The molecule has 19 heavy (non-hydrogen) atoms. The summed E-state index contributed by atoms with van der Waals surface area (Å²) in [6.45, 7) is 3.23. The highest BCUT2D eigenvalue weighted by atomic mass is 16.5. The molecule has 0 aromatic heterocycles. The predicted molar refractivity (Wildman–Crippen MR) is 74.6 cm³/mol. The molecule has 2 rings (SSSR count). The summed E-state index contributed by atoms with van der Waals surface area (Å²) in [5.74, 6) is 0.748. The number of methoxy groups -OCH3 is 1. The Bertz CT molecular complexity index is 408. The zero-order valence-corrected chi connectivity index (χ0v) is 11.7. The maximum Gasteiger partial charge on any atom is 0.161 e. The van der Waals surface area contributed by atoms with Crippen molar-refractivity contribution in [3.8, 4) is 11.5 Å². The normalized spacial score (nSPS) is 22.6. The number of nitrogens with one attached hydrogen (secondary N) is 1. The van der Waals surface area contributed by atoms with Gasteiger partial charge in [0.15, 0.2) is 11.5 Å². The second kappa shape index (κ2) is 6.78. The quantitative estimate of drug-likeness (QED) is 0.829. The molecule has 0 saturated heterocycles. The molecule has 1 saturated carbocycles. The molecule has 1 aliphatic carbocycles. The first-order valence-corrected chi connectivity index (χ1v) is 6.95. The van der Waals surface area contributed by atoms with Gasteiger partial charge in [0.2, 0.25) is 0 Å². The molecule has 0 bridgehead atoms. The molecule has 1 aromatic rings. The Morgan fingerprint density at radius 1 is 1.37 bits per heavy atom. The maximum atomic E-state index is 9.66. The van der Waals surface area contributed by atoms with Gasteiger partial charge in [-0.2, -0.15) is 0 Å². The van der Waals surface area contributed by atoms with Crippen LogP contribution in [0.25, 0.3) is 0 Å². The molecule has 4 heteroatoms. The molecule has 4 nitrogen and oxygen atoms in total. The van der Waals surface area contributed by atoms with Crippen LogP contribution in [0.4, 0.5) is 0 Å². The Morgan fingerprint density at radius 3 is 2.95 bits per heavy atom. The molecule has 1 aliphatic rings. The van der Waals surface area contributed by atoms with E-state index in [1.54, 1.807) is 13.2 Å². The molecule has 1 fully saturated rings. The lowest BCUT2D eigenvalue weighted by Gasteiger charge is -2.20. The number of hydrogen-bond donors (Lipinski definition) is 2. The largest absolute Gasteiger partial charge is 0.504 e. The van der Waals surface area contributed by atoms with Crippen molar-refractivity contribution < 1.29 is 14.6 Å². The van der Waals surface area contributed by atoms with Crippen molar-refractivity contribution in [1.82, 2.24) is 5.32 Å². The van der Waals surface area contributed by atoms with Crippen molar-refractivity contribution in [2.75, 3.05) is 13.7 Å². The van der Waals surface area contributed by atoms with E-state index in [1.807, 2.05) is 19.1 Å². The van der Waals surface area contributed by atoms with Crippen molar-refractivity contribution in [3.63, 3.8) is 0 Å². The van der Waals surface area contributed by atoms with Gasteiger partial charge in [-0.1, -0.05) is 6.07 Å². The van der Waals surface area contributed by atoms with Crippen LogP contribution in [0.5, 0.6) is 11.5 Å². The lowest BCUT2D eigenvalue weighted by molar-refractivity contribution is 0.0847. The molecular formula is C15H23NO3. The Morgan fingerprint density at radius 2 is 2.21 bits per heavy atom. The van der Waals surface area contributed by atoms with Gasteiger partial charge in [0.1, 0.15) is 0 Å². The van der Waals surface area contributed by atoms with Crippen LogP contribution in [0.3, 0.4) is 0 Å². The fraction of sp³-hybridized carbons (Fsp3) is 0.600. The summed E-state index contributed by atoms with van der Waals surface area (Å²) in [5, 5.41) is 13.2. The summed E-state index contributed by atoms with van der Waals surface area (Å²) < 4.78 is 10.9. The van der Waals surface area contributed by atoms with Gasteiger partial charge in [-0.25, -0.2) is 0 Å². The lowest BCUT2D eigenvalue weighted by Crippen LogP contribution is -2.36. The Balaban J connectivity index is 1.93. The van der Waals surface area contributed by atoms with Crippen LogP contribution >= 0.6 is 0 Å². The standard InChI is InChI=1S/C15H23NO3/c1-3-19-15-9-11(7-8-13(15)17)10-16-12-5-4-6-14(12)18-2/h7-9,12,14,16-17H,3-6,10H2,1-2H3. The average molecular weight is 265 g/mol. The summed E-state index contributed by atoms with van der Waals surface area (Å²) in [6.07, 6.45) is 3.84. The predicted octanol–water partition coefficient (Wildman–Crippen LogP) is 2.45. The maximum absolute atomic E-state index is 9.66. The van der Waals surface area contributed by atoms with E-state index in [0.29, 0.717) is 24.5 Å². The van der Waals surface area contributed by atoms with Gasteiger partial charge in [-0.3, -0.25) is 0 Å². The van der Waals surface area contributed by atoms with E-state index < -0.39 is 0 Å². The highest BCUT2D eigenvalue weighted by Crippen LogP contribution is 2.27. The first kappa shape index (κ1) is 14.2. The smallest absolute Gasteiger partial charge is 0.161 e. The third kappa shape index (κ3) is 3.61. The van der Waals surface area contributed by atoms with Crippen LogP contribution in [0, 0.1) is 0 Å². The zero-order chi connectivity index (χ0) is 13.7. The van der Waals surface area contributed by atoms with Crippen molar-refractivity contribution in [2.45, 2.75) is 44.9 Å². The number of ether oxygens (including phenoxy) is 2. The highest BCUT2D eigenvalue weighted by molar-refractivity contribution is 5.41. The van der Waals surface area contributed by atoms with Gasteiger partial charge in [-0.15, -0.1) is 0 Å². The van der Waals surface area contributed by atoms with Crippen LogP contribution in [0.1, 0.15) is 31.7 Å². The summed E-state index contributed by atoms with van der Waals surface area (Å²) in [7, 11) is 1.78. The molecule has 0 heterocycles. The second-order valence-corrected chi connectivity index (χ2v) is 4.93. The molecule has 1 aromatic carbocycles. The fourth-order valence-corrected chi connectivity index (χ4v) is 2.63. The highest BCUT2D eigenvalue weighted by Gasteiger charge is 2.26. The van der Waals surface area contributed by atoms with Crippen LogP contribution in [-0.2, 0) is 11.3 Å². The van der Waals surface area contributed by atoms with E-state index >= 15 is 0 Å². The van der Waals surface area contributed by atoms with E-state index in [1.165, 1.54) is 6.42 Å². The van der Waals surface area contributed by atoms with Gasteiger partial charge in [0.05, 0.1) is 12.7 Å². The number of phenolic OH excluding ortho intramolecular Hbond substituents is 1. The van der Waals surface area contributed by atoms with Gasteiger partial charge >= 0.3 is 0 Å². The summed E-state index contributed by atoms with van der Waals surface area (Å²) in [5.41, 5.74) is 1.11. The summed E-state index contributed by atoms with van der Waals surface area (Å²) in [4.78, 5) is 0. The van der Waals surface area contributed by atoms with E-state index in [-0.39, 0.29) is 5.75 Å². The van der Waals surface area contributed by atoms with Crippen molar-refractivity contribution in [2.24, 2.45) is 0 Å².